The largest absolute Gasteiger partial charge is 0.474 e. The number of Topliss-reactive ketones (excluding diaryl/α,β-unsaturated/α-hetero) is 1. The molecule has 2 fully saturated rings. The Morgan fingerprint density at radius 2 is 2.03 bits per heavy atom. The van der Waals surface area contributed by atoms with Crippen molar-refractivity contribution in [2.45, 2.75) is 55.8 Å². The molecule has 2 aromatic heterocycles. The lowest BCUT2D eigenvalue weighted by Gasteiger charge is -2.36. The van der Waals surface area contributed by atoms with Gasteiger partial charge in [0.25, 0.3) is 5.91 Å². The summed E-state index contributed by atoms with van der Waals surface area (Å²) in [6, 6.07) is 5.97. The number of aromatic nitrogens is 1. The second kappa shape index (κ2) is 8.81. The Morgan fingerprint density at radius 1 is 1.19 bits per heavy atom. The number of ether oxygens (including phenoxy) is 1. The SMILES string of the molecule is Nc1ccc2c3c(c(C(=O)NC4CCCNC4)sc13)C(N)C(=O)C2(N)c1ccc(OC2CCC2)nc1. The normalized spacial score (nSPS) is 26.0. The van der Waals surface area contributed by atoms with E-state index in [2.05, 4.69) is 15.6 Å². The van der Waals surface area contributed by atoms with Gasteiger partial charge in [-0.25, -0.2) is 4.98 Å². The second-order valence-corrected chi connectivity index (χ2v) is 11.0. The van der Waals surface area contributed by atoms with Crippen LogP contribution in [0.3, 0.4) is 0 Å². The molecule has 10 heteroatoms. The van der Waals surface area contributed by atoms with Crippen LogP contribution < -0.4 is 32.6 Å². The van der Waals surface area contributed by atoms with E-state index in [9.17, 15) is 9.59 Å². The summed E-state index contributed by atoms with van der Waals surface area (Å²) in [6.45, 7) is 1.66. The molecule has 0 spiro atoms. The monoisotopic (exact) mass is 506 g/mol. The molecule has 3 heterocycles. The lowest BCUT2D eigenvalue weighted by Crippen LogP contribution is -2.52. The highest BCUT2D eigenvalue weighted by Gasteiger charge is 2.49. The molecule has 8 N–H and O–H groups in total. The Bertz CT molecular complexity index is 1350. The van der Waals surface area contributed by atoms with Crippen molar-refractivity contribution in [2.75, 3.05) is 18.8 Å². The summed E-state index contributed by atoms with van der Waals surface area (Å²) in [5, 5.41) is 7.09. The first kappa shape index (κ1) is 23.4. The first-order chi connectivity index (χ1) is 17.4. The average molecular weight is 507 g/mol. The van der Waals surface area contributed by atoms with Crippen molar-refractivity contribution in [3.8, 4) is 5.88 Å². The molecule has 1 aromatic carbocycles. The molecule has 9 nitrogen and oxygen atoms in total. The van der Waals surface area contributed by atoms with Crippen LogP contribution >= 0.6 is 11.3 Å². The Morgan fingerprint density at radius 3 is 2.69 bits per heavy atom. The summed E-state index contributed by atoms with van der Waals surface area (Å²) in [6.07, 6.45) is 6.88. The number of rotatable bonds is 5. The van der Waals surface area contributed by atoms with Crippen molar-refractivity contribution >= 4 is 38.8 Å². The summed E-state index contributed by atoms with van der Waals surface area (Å²) in [7, 11) is 0. The fraction of sp³-hybridized carbons (Fsp3) is 0.423. The number of nitrogens with one attached hydrogen (secondary N) is 2. The summed E-state index contributed by atoms with van der Waals surface area (Å²) in [5.74, 6) is -0.117. The van der Waals surface area contributed by atoms with E-state index in [-0.39, 0.29) is 23.8 Å². The molecule has 1 aliphatic heterocycles. The summed E-state index contributed by atoms with van der Waals surface area (Å²) < 4.78 is 6.58. The van der Waals surface area contributed by atoms with Gasteiger partial charge in [-0.05, 0) is 56.3 Å². The van der Waals surface area contributed by atoms with Gasteiger partial charge in [-0.15, -0.1) is 11.3 Å². The van der Waals surface area contributed by atoms with Gasteiger partial charge in [-0.3, -0.25) is 9.59 Å². The molecular formula is C26H30N6O3S. The highest BCUT2D eigenvalue weighted by atomic mass is 32.1. The summed E-state index contributed by atoms with van der Waals surface area (Å²) >= 11 is 1.26. The number of nitrogen functional groups attached to an aromatic ring is 1. The van der Waals surface area contributed by atoms with E-state index >= 15 is 0 Å². The van der Waals surface area contributed by atoms with Crippen molar-refractivity contribution in [3.63, 3.8) is 0 Å². The van der Waals surface area contributed by atoms with E-state index in [1.54, 1.807) is 30.5 Å². The first-order valence-corrected chi connectivity index (χ1v) is 13.3. The average Bonchev–Trinajstić information content (AvgIpc) is 3.27. The number of carbonyl (C=O) groups is 2. The van der Waals surface area contributed by atoms with Crippen molar-refractivity contribution in [3.05, 3.63) is 52.0 Å². The minimum Gasteiger partial charge on any atom is -0.474 e. The number of ketones is 1. The number of anilines is 1. The van der Waals surface area contributed by atoms with E-state index in [0.717, 1.165) is 38.6 Å². The van der Waals surface area contributed by atoms with Gasteiger partial charge in [-0.1, -0.05) is 6.07 Å². The lowest BCUT2D eigenvalue weighted by molar-refractivity contribution is -0.124. The fourth-order valence-corrected chi connectivity index (χ4v) is 6.62. The van der Waals surface area contributed by atoms with Crippen LogP contribution in [0.1, 0.15) is 64.5 Å². The predicted octanol–water partition coefficient (Wildman–Crippen LogP) is 2.08. The topological polar surface area (TPSA) is 158 Å². The van der Waals surface area contributed by atoms with Crippen LogP contribution in [0.25, 0.3) is 10.1 Å². The molecule has 0 radical (unpaired) electrons. The molecule has 3 aromatic rings. The van der Waals surface area contributed by atoms with Crippen molar-refractivity contribution in [1.29, 1.82) is 0 Å². The van der Waals surface area contributed by atoms with Gasteiger partial charge < -0.3 is 32.6 Å². The second-order valence-electron chi connectivity index (χ2n) is 9.97. The highest BCUT2D eigenvalue weighted by Crippen LogP contribution is 2.49. The van der Waals surface area contributed by atoms with Gasteiger partial charge in [-0.2, -0.15) is 0 Å². The van der Waals surface area contributed by atoms with Crippen LogP contribution in [0.5, 0.6) is 5.88 Å². The smallest absolute Gasteiger partial charge is 0.262 e. The molecule has 1 saturated carbocycles. The highest BCUT2D eigenvalue weighted by molar-refractivity contribution is 7.21. The third kappa shape index (κ3) is 3.59. The van der Waals surface area contributed by atoms with Crippen molar-refractivity contribution in [2.24, 2.45) is 11.5 Å². The van der Waals surface area contributed by atoms with Gasteiger partial charge in [0.15, 0.2) is 5.78 Å². The van der Waals surface area contributed by atoms with Gasteiger partial charge in [0.05, 0.1) is 15.6 Å². The van der Waals surface area contributed by atoms with E-state index in [4.69, 9.17) is 21.9 Å². The maximum Gasteiger partial charge on any atom is 0.262 e. The lowest BCUT2D eigenvalue weighted by atomic mass is 9.71. The molecule has 3 atom stereocenters. The molecule has 188 valence electrons. The van der Waals surface area contributed by atoms with E-state index in [1.807, 2.05) is 0 Å². The zero-order chi connectivity index (χ0) is 25.0. The minimum atomic E-state index is -1.53. The van der Waals surface area contributed by atoms with Gasteiger partial charge >= 0.3 is 0 Å². The number of pyridine rings is 1. The van der Waals surface area contributed by atoms with E-state index in [0.29, 0.717) is 49.8 Å². The molecule has 36 heavy (non-hydrogen) atoms. The third-order valence-electron chi connectivity index (χ3n) is 7.68. The molecule has 6 rings (SSSR count). The fourth-order valence-electron chi connectivity index (χ4n) is 5.42. The number of hydrogen-bond donors (Lipinski definition) is 5. The Hall–Kier alpha value is -3.05. The Balaban J connectivity index is 1.42. The van der Waals surface area contributed by atoms with Crippen LogP contribution in [0.15, 0.2) is 30.5 Å². The third-order valence-corrected chi connectivity index (χ3v) is 8.94. The van der Waals surface area contributed by atoms with Crippen LogP contribution in [0.2, 0.25) is 0 Å². The van der Waals surface area contributed by atoms with E-state index < -0.39 is 11.6 Å². The number of thiophene rings is 1. The van der Waals surface area contributed by atoms with Crippen LogP contribution in [-0.4, -0.2) is 41.9 Å². The zero-order valence-electron chi connectivity index (χ0n) is 19.9. The molecule has 3 unspecified atom stereocenters. The van der Waals surface area contributed by atoms with Gasteiger partial charge in [0, 0.05) is 47.1 Å². The number of nitrogens with zero attached hydrogens (tertiary/aromatic N) is 1. The standard InChI is InChI=1S/C26H30N6O3S/c27-17-8-7-16-19-20(23(36-22(17)19)25(34)32-14-3-2-10-30-12-14)21(28)24(33)26(16,29)13-6-9-18(31-11-13)35-15-4-1-5-15/h6-9,11,14-15,21,30H,1-5,10,12,27-29H2,(H,32,34). The molecule has 2 aliphatic carbocycles. The summed E-state index contributed by atoms with van der Waals surface area (Å²) in [4.78, 5) is 32.0. The maximum absolute atomic E-state index is 13.8. The molecule has 0 bridgehead atoms. The van der Waals surface area contributed by atoms with Crippen LogP contribution in [-0.2, 0) is 10.3 Å². The zero-order valence-corrected chi connectivity index (χ0v) is 20.7. The predicted molar refractivity (Wildman–Crippen MR) is 139 cm³/mol. The Labute approximate surface area is 212 Å². The van der Waals surface area contributed by atoms with E-state index in [1.165, 1.54) is 11.3 Å². The maximum atomic E-state index is 13.8. The Kier molecular flexibility index (Phi) is 5.71. The molecule has 1 saturated heterocycles. The van der Waals surface area contributed by atoms with Crippen molar-refractivity contribution < 1.29 is 14.3 Å². The number of amides is 1. The molecule has 1 amide bonds. The number of piperidine rings is 1. The summed E-state index contributed by atoms with van der Waals surface area (Å²) in [5.41, 5.74) is 20.4. The minimum absolute atomic E-state index is 0.0244. The number of carbonyl (C=O) groups excluding carboxylic acids is 2. The number of nitrogens with two attached hydrogens (primary N) is 3. The molecular weight excluding hydrogens is 476 g/mol. The van der Waals surface area contributed by atoms with Gasteiger partial charge in [0.1, 0.15) is 11.6 Å². The van der Waals surface area contributed by atoms with Crippen LogP contribution in [0, 0.1) is 0 Å². The number of hydrogen-bond acceptors (Lipinski definition) is 9. The van der Waals surface area contributed by atoms with Crippen LogP contribution in [0.4, 0.5) is 5.69 Å². The van der Waals surface area contributed by atoms with Gasteiger partial charge in [0.2, 0.25) is 5.88 Å². The first-order valence-electron chi connectivity index (χ1n) is 12.5. The molecule has 3 aliphatic rings. The van der Waals surface area contributed by atoms with Crippen molar-refractivity contribution in [1.82, 2.24) is 15.6 Å². The number of benzene rings is 1. The quantitative estimate of drug-likeness (QED) is 0.329.